The van der Waals surface area contributed by atoms with Crippen LogP contribution in [0.2, 0.25) is 0 Å². The number of amides is 1. The summed E-state index contributed by atoms with van der Waals surface area (Å²) >= 11 is 0. The molecule has 37 heavy (non-hydrogen) atoms. The molecule has 0 radical (unpaired) electrons. The Hall–Kier alpha value is -4.56. The molecule has 0 aliphatic carbocycles. The standard InChI is InChI=1S/C32H28N2O3/c1-6-32(3,4)18-26(35)22-9-7-8-21(16-22)24-17-25-27(31(36)33-5)29(20-12-10-19(2)11-13-20)37-30(25)23-14-15-34-28(23)24/h1,7-17,34H,18H2,2-5H3,(H,33,36). The predicted molar refractivity (Wildman–Crippen MR) is 149 cm³/mol. The van der Waals surface area contributed by atoms with Crippen LogP contribution in [0.25, 0.3) is 44.3 Å². The van der Waals surface area contributed by atoms with Gasteiger partial charge >= 0.3 is 0 Å². The molecule has 2 aromatic heterocycles. The summed E-state index contributed by atoms with van der Waals surface area (Å²) in [6.45, 7) is 5.79. The molecule has 0 aliphatic rings. The average Bonchev–Trinajstić information content (AvgIpc) is 3.53. The van der Waals surface area contributed by atoms with Gasteiger partial charge in [-0.1, -0.05) is 48.0 Å². The highest BCUT2D eigenvalue weighted by Gasteiger charge is 2.25. The number of nitrogens with one attached hydrogen (secondary N) is 2. The van der Waals surface area contributed by atoms with Crippen molar-refractivity contribution in [2.45, 2.75) is 27.2 Å². The van der Waals surface area contributed by atoms with Crippen molar-refractivity contribution in [3.8, 4) is 34.8 Å². The molecule has 5 nitrogen and oxygen atoms in total. The molecule has 0 saturated carbocycles. The number of Topliss-reactive ketones (excluding diaryl/α,β-unsaturated/α-hetero) is 1. The van der Waals surface area contributed by atoms with Crippen LogP contribution in [0.5, 0.6) is 0 Å². The fourth-order valence-corrected chi connectivity index (χ4v) is 4.68. The van der Waals surface area contributed by atoms with Gasteiger partial charge in [-0.15, -0.1) is 12.3 Å². The van der Waals surface area contributed by atoms with E-state index in [9.17, 15) is 9.59 Å². The van der Waals surface area contributed by atoms with Crippen molar-refractivity contribution in [3.63, 3.8) is 0 Å². The second-order valence-corrected chi connectivity index (χ2v) is 10.0. The molecule has 0 spiro atoms. The van der Waals surface area contributed by atoms with E-state index in [0.717, 1.165) is 33.2 Å². The lowest BCUT2D eigenvalue weighted by molar-refractivity contribution is 0.0948. The Morgan fingerprint density at radius 1 is 1.03 bits per heavy atom. The van der Waals surface area contributed by atoms with E-state index in [-0.39, 0.29) is 18.1 Å². The number of carbonyl (C=O) groups is 2. The molecule has 0 unspecified atom stereocenters. The number of furan rings is 1. The second-order valence-electron chi connectivity index (χ2n) is 10.0. The Morgan fingerprint density at radius 3 is 2.49 bits per heavy atom. The van der Waals surface area contributed by atoms with E-state index in [1.807, 2.05) is 87.6 Å². The summed E-state index contributed by atoms with van der Waals surface area (Å²) in [7, 11) is 1.61. The highest BCUT2D eigenvalue weighted by Crippen LogP contribution is 2.41. The van der Waals surface area contributed by atoms with Crippen LogP contribution in [0.4, 0.5) is 0 Å². The van der Waals surface area contributed by atoms with Gasteiger partial charge in [0, 0.05) is 52.5 Å². The van der Waals surface area contributed by atoms with Crippen molar-refractivity contribution in [1.82, 2.24) is 10.3 Å². The third kappa shape index (κ3) is 4.32. The maximum Gasteiger partial charge on any atom is 0.255 e. The number of fused-ring (bicyclic) bond motifs is 3. The van der Waals surface area contributed by atoms with Crippen LogP contribution < -0.4 is 5.32 Å². The van der Waals surface area contributed by atoms with Crippen LogP contribution in [0.3, 0.4) is 0 Å². The Morgan fingerprint density at radius 2 is 1.78 bits per heavy atom. The largest absolute Gasteiger partial charge is 0.454 e. The highest BCUT2D eigenvalue weighted by atomic mass is 16.3. The molecule has 3 aromatic carbocycles. The van der Waals surface area contributed by atoms with Crippen LogP contribution >= 0.6 is 0 Å². The predicted octanol–water partition coefficient (Wildman–Crippen LogP) is 7.15. The van der Waals surface area contributed by atoms with Crippen molar-refractivity contribution in [2.75, 3.05) is 7.05 Å². The van der Waals surface area contributed by atoms with Gasteiger partial charge in [-0.2, -0.15) is 0 Å². The Balaban J connectivity index is 1.73. The average molecular weight is 489 g/mol. The first-order valence-electron chi connectivity index (χ1n) is 12.2. The van der Waals surface area contributed by atoms with Crippen LogP contribution in [-0.2, 0) is 0 Å². The molecule has 2 N–H and O–H groups in total. The van der Waals surface area contributed by atoms with Crippen molar-refractivity contribution in [3.05, 3.63) is 83.6 Å². The molecule has 0 bridgehead atoms. The van der Waals surface area contributed by atoms with Gasteiger partial charge in [0.2, 0.25) is 0 Å². The maximum absolute atomic E-state index is 13.1. The lowest BCUT2D eigenvalue weighted by atomic mass is 9.86. The Bertz CT molecular complexity index is 1710. The lowest BCUT2D eigenvalue weighted by Gasteiger charge is -2.16. The molecule has 0 atom stereocenters. The monoisotopic (exact) mass is 488 g/mol. The van der Waals surface area contributed by atoms with Gasteiger partial charge in [0.15, 0.2) is 5.78 Å². The third-order valence-corrected chi connectivity index (χ3v) is 6.75. The number of rotatable bonds is 6. The van der Waals surface area contributed by atoms with E-state index >= 15 is 0 Å². The summed E-state index contributed by atoms with van der Waals surface area (Å²) in [6.07, 6.45) is 7.72. The molecular formula is C32H28N2O3. The summed E-state index contributed by atoms with van der Waals surface area (Å²) in [4.78, 5) is 29.5. The van der Waals surface area contributed by atoms with E-state index in [1.54, 1.807) is 7.05 Å². The molecule has 0 fully saturated rings. The SMILES string of the molecule is C#CC(C)(C)CC(=O)c1cccc(-c2cc3c(C(=O)NC)c(-c4ccc(C)cc4)oc3c3cc[nH]c23)c1. The third-order valence-electron chi connectivity index (χ3n) is 6.75. The van der Waals surface area contributed by atoms with Gasteiger partial charge in [0.25, 0.3) is 5.91 Å². The van der Waals surface area contributed by atoms with Crippen LogP contribution in [0.15, 0.2) is 71.3 Å². The van der Waals surface area contributed by atoms with Gasteiger partial charge < -0.3 is 14.7 Å². The molecule has 2 heterocycles. The number of aromatic nitrogens is 1. The van der Waals surface area contributed by atoms with Crippen molar-refractivity contribution in [1.29, 1.82) is 0 Å². The number of aromatic amines is 1. The number of terminal acetylenes is 1. The number of H-pyrrole nitrogens is 1. The fourth-order valence-electron chi connectivity index (χ4n) is 4.68. The molecule has 5 aromatic rings. The van der Waals surface area contributed by atoms with E-state index in [4.69, 9.17) is 10.8 Å². The minimum Gasteiger partial charge on any atom is -0.454 e. The zero-order chi connectivity index (χ0) is 26.3. The van der Waals surface area contributed by atoms with Crippen molar-refractivity contribution in [2.24, 2.45) is 5.41 Å². The number of ketones is 1. The first-order chi connectivity index (χ1) is 17.7. The zero-order valence-electron chi connectivity index (χ0n) is 21.4. The maximum atomic E-state index is 13.1. The number of carbonyl (C=O) groups excluding carboxylic acids is 2. The molecule has 0 saturated heterocycles. The zero-order valence-corrected chi connectivity index (χ0v) is 21.4. The van der Waals surface area contributed by atoms with E-state index in [0.29, 0.717) is 27.9 Å². The molecular weight excluding hydrogens is 460 g/mol. The first kappa shape index (κ1) is 24.1. The number of aryl methyl sites for hydroxylation is 1. The van der Waals surface area contributed by atoms with Crippen LogP contribution in [0, 0.1) is 24.7 Å². The summed E-state index contributed by atoms with van der Waals surface area (Å²) in [6, 6.07) is 19.4. The quantitative estimate of drug-likeness (QED) is 0.197. The molecule has 5 heteroatoms. The Labute approximate surface area is 215 Å². The van der Waals surface area contributed by atoms with Crippen LogP contribution in [0.1, 0.15) is 46.5 Å². The number of hydrogen-bond donors (Lipinski definition) is 2. The van der Waals surface area contributed by atoms with Crippen molar-refractivity contribution >= 4 is 33.6 Å². The molecule has 1 amide bonds. The summed E-state index contributed by atoms with van der Waals surface area (Å²) in [5.74, 6) is 2.98. The molecule has 0 aliphatic heterocycles. The smallest absolute Gasteiger partial charge is 0.255 e. The number of hydrogen-bond acceptors (Lipinski definition) is 3. The van der Waals surface area contributed by atoms with Crippen molar-refractivity contribution < 1.29 is 14.0 Å². The van der Waals surface area contributed by atoms with Gasteiger partial charge in [-0.05, 0) is 44.5 Å². The normalized spacial score (nSPS) is 11.5. The molecule has 184 valence electrons. The van der Waals surface area contributed by atoms with Gasteiger partial charge in [0.05, 0.1) is 11.1 Å². The van der Waals surface area contributed by atoms with Crippen LogP contribution in [-0.4, -0.2) is 23.7 Å². The lowest BCUT2D eigenvalue weighted by Crippen LogP contribution is -2.18. The summed E-state index contributed by atoms with van der Waals surface area (Å²) in [5.41, 5.74) is 5.74. The minimum atomic E-state index is -0.524. The topological polar surface area (TPSA) is 75.1 Å². The van der Waals surface area contributed by atoms with Gasteiger partial charge in [0.1, 0.15) is 11.3 Å². The fraction of sp³-hybridized carbons (Fsp3) is 0.188. The first-order valence-corrected chi connectivity index (χ1v) is 12.2. The van der Waals surface area contributed by atoms with Gasteiger partial charge in [-0.25, -0.2) is 0 Å². The minimum absolute atomic E-state index is 0.00961. The second kappa shape index (κ2) is 9.15. The summed E-state index contributed by atoms with van der Waals surface area (Å²) < 4.78 is 6.39. The highest BCUT2D eigenvalue weighted by molar-refractivity contribution is 6.19. The number of benzene rings is 3. The summed E-state index contributed by atoms with van der Waals surface area (Å²) in [5, 5.41) is 4.34. The van der Waals surface area contributed by atoms with E-state index in [2.05, 4.69) is 16.2 Å². The van der Waals surface area contributed by atoms with E-state index in [1.165, 1.54) is 0 Å². The molecule has 5 rings (SSSR count). The van der Waals surface area contributed by atoms with E-state index < -0.39 is 5.41 Å². The Kier molecular flexibility index (Phi) is 5.97. The van der Waals surface area contributed by atoms with Gasteiger partial charge in [-0.3, -0.25) is 9.59 Å².